The average Bonchev–Trinajstić information content (AvgIpc) is 3.03. The number of rotatable bonds is 4. The predicted octanol–water partition coefficient (Wildman–Crippen LogP) is 3.24. The van der Waals surface area contributed by atoms with Crippen molar-refractivity contribution in [3.8, 4) is 0 Å². The lowest BCUT2D eigenvalue weighted by Gasteiger charge is -2.26. The van der Waals surface area contributed by atoms with Gasteiger partial charge in [-0.3, -0.25) is 0 Å². The van der Waals surface area contributed by atoms with Gasteiger partial charge in [-0.25, -0.2) is 8.78 Å². The van der Waals surface area contributed by atoms with Crippen molar-refractivity contribution in [3.63, 3.8) is 0 Å². The molecule has 0 bridgehead atoms. The van der Waals surface area contributed by atoms with Gasteiger partial charge in [0.2, 0.25) is 0 Å². The monoisotopic (exact) mass is 225 g/mol. The lowest BCUT2D eigenvalue weighted by Crippen LogP contribution is -2.40. The summed E-state index contributed by atoms with van der Waals surface area (Å²) in [5.74, 6) is -0.841. The highest BCUT2D eigenvalue weighted by Crippen LogP contribution is 2.39. The first-order chi connectivity index (χ1) is 7.49. The number of hydrogen-bond acceptors (Lipinski definition) is 1. The van der Waals surface area contributed by atoms with Crippen LogP contribution in [0.3, 0.4) is 0 Å². The van der Waals surface area contributed by atoms with Crippen molar-refractivity contribution < 1.29 is 8.78 Å². The molecule has 0 saturated heterocycles. The lowest BCUT2D eigenvalue weighted by molar-refractivity contribution is 0.339. The summed E-state index contributed by atoms with van der Waals surface area (Å²) >= 11 is 0. The van der Waals surface area contributed by atoms with Gasteiger partial charge in [0.15, 0.2) is 11.6 Å². The van der Waals surface area contributed by atoms with E-state index in [0.29, 0.717) is 6.54 Å². The van der Waals surface area contributed by atoms with Crippen LogP contribution in [0.2, 0.25) is 0 Å². The summed E-state index contributed by atoms with van der Waals surface area (Å²) < 4.78 is 25.7. The highest BCUT2D eigenvalue weighted by molar-refractivity contribution is 5.18. The van der Waals surface area contributed by atoms with Crippen molar-refractivity contribution in [1.82, 2.24) is 5.32 Å². The van der Waals surface area contributed by atoms with Crippen molar-refractivity contribution in [3.05, 3.63) is 35.4 Å². The standard InChI is InChI=1S/C13H17F2N/c1-13(2,10-4-5-10)16-8-9-3-6-11(14)12(15)7-9/h3,6-7,10,16H,4-5,8H2,1-2H3. The highest BCUT2D eigenvalue weighted by Gasteiger charge is 2.37. The molecule has 1 fully saturated rings. The van der Waals surface area contributed by atoms with Crippen LogP contribution in [-0.2, 0) is 6.54 Å². The molecule has 0 amide bonds. The maximum atomic E-state index is 13.0. The Morgan fingerprint density at radius 3 is 2.50 bits per heavy atom. The van der Waals surface area contributed by atoms with Crippen LogP contribution in [-0.4, -0.2) is 5.54 Å². The number of nitrogens with one attached hydrogen (secondary N) is 1. The molecule has 1 nitrogen and oxygen atoms in total. The molecule has 3 heteroatoms. The Balaban J connectivity index is 1.96. The van der Waals surface area contributed by atoms with Gasteiger partial charge in [0, 0.05) is 12.1 Å². The summed E-state index contributed by atoms with van der Waals surface area (Å²) in [6.45, 7) is 4.90. The van der Waals surface area contributed by atoms with Crippen molar-refractivity contribution >= 4 is 0 Å². The zero-order chi connectivity index (χ0) is 11.8. The van der Waals surface area contributed by atoms with Crippen molar-refractivity contribution in [2.45, 2.75) is 38.8 Å². The van der Waals surface area contributed by atoms with E-state index in [1.54, 1.807) is 6.07 Å². The fraction of sp³-hybridized carbons (Fsp3) is 0.538. The van der Waals surface area contributed by atoms with E-state index < -0.39 is 11.6 Å². The van der Waals surface area contributed by atoms with Gasteiger partial charge in [0.05, 0.1) is 0 Å². The highest BCUT2D eigenvalue weighted by atomic mass is 19.2. The van der Waals surface area contributed by atoms with Gasteiger partial charge in [-0.05, 0) is 50.3 Å². The summed E-state index contributed by atoms with van der Waals surface area (Å²) in [4.78, 5) is 0. The van der Waals surface area contributed by atoms with E-state index in [4.69, 9.17) is 0 Å². The molecular weight excluding hydrogens is 208 g/mol. The molecule has 2 rings (SSSR count). The van der Waals surface area contributed by atoms with Gasteiger partial charge in [-0.15, -0.1) is 0 Å². The fourth-order valence-corrected chi connectivity index (χ4v) is 1.93. The summed E-state index contributed by atoms with van der Waals surface area (Å²) in [5.41, 5.74) is 0.873. The first-order valence-corrected chi connectivity index (χ1v) is 5.68. The first-order valence-electron chi connectivity index (χ1n) is 5.68. The minimum Gasteiger partial charge on any atom is -0.307 e. The quantitative estimate of drug-likeness (QED) is 0.829. The Morgan fingerprint density at radius 1 is 1.25 bits per heavy atom. The predicted molar refractivity (Wildman–Crippen MR) is 60.0 cm³/mol. The second-order valence-corrected chi connectivity index (χ2v) is 5.10. The van der Waals surface area contributed by atoms with E-state index in [1.165, 1.54) is 25.0 Å². The fourth-order valence-electron chi connectivity index (χ4n) is 1.93. The Morgan fingerprint density at radius 2 is 1.94 bits per heavy atom. The van der Waals surface area contributed by atoms with Crippen molar-refractivity contribution in [1.29, 1.82) is 0 Å². The third-order valence-corrected chi connectivity index (χ3v) is 3.33. The minimum atomic E-state index is -0.787. The summed E-state index contributed by atoms with van der Waals surface area (Å²) in [6, 6.07) is 4.05. The van der Waals surface area contributed by atoms with Crippen LogP contribution >= 0.6 is 0 Å². The maximum Gasteiger partial charge on any atom is 0.159 e. The zero-order valence-corrected chi connectivity index (χ0v) is 9.69. The van der Waals surface area contributed by atoms with Crippen LogP contribution < -0.4 is 5.32 Å². The van der Waals surface area contributed by atoms with Gasteiger partial charge < -0.3 is 5.32 Å². The minimum absolute atomic E-state index is 0.0882. The van der Waals surface area contributed by atoms with Crippen LogP contribution in [0.4, 0.5) is 8.78 Å². The van der Waals surface area contributed by atoms with Gasteiger partial charge in [0.1, 0.15) is 0 Å². The third-order valence-electron chi connectivity index (χ3n) is 3.33. The lowest BCUT2D eigenvalue weighted by atomic mass is 9.98. The average molecular weight is 225 g/mol. The molecule has 0 radical (unpaired) electrons. The van der Waals surface area contributed by atoms with Crippen LogP contribution in [0, 0.1) is 17.6 Å². The van der Waals surface area contributed by atoms with Crippen LogP contribution in [0.5, 0.6) is 0 Å². The second kappa shape index (κ2) is 4.13. The molecule has 1 saturated carbocycles. The van der Waals surface area contributed by atoms with E-state index in [9.17, 15) is 8.78 Å². The van der Waals surface area contributed by atoms with E-state index >= 15 is 0 Å². The van der Waals surface area contributed by atoms with E-state index in [0.717, 1.165) is 11.5 Å². The molecule has 1 aliphatic carbocycles. The third kappa shape index (κ3) is 2.59. The van der Waals surface area contributed by atoms with Crippen LogP contribution in [0.25, 0.3) is 0 Å². The van der Waals surface area contributed by atoms with Crippen LogP contribution in [0.1, 0.15) is 32.3 Å². The van der Waals surface area contributed by atoms with E-state index in [-0.39, 0.29) is 5.54 Å². The number of halogens is 2. The van der Waals surface area contributed by atoms with Gasteiger partial charge in [0.25, 0.3) is 0 Å². The molecule has 0 atom stereocenters. The number of hydrogen-bond donors (Lipinski definition) is 1. The second-order valence-electron chi connectivity index (χ2n) is 5.10. The Kier molecular flexibility index (Phi) is 2.98. The molecule has 1 aliphatic rings. The molecule has 0 unspecified atom stereocenters. The van der Waals surface area contributed by atoms with Gasteiger partial charge in [-0.2, -0.15) is 0 Å². The molecule has 1 aromatic rings. The molecule has 16 heavy (non-hydrogen) atoms. The summed E-state index contributed by atoms with van der Waals surface area (Å²) in [7, 11) is 0. The van der Waals surface area contributed by atoms with Crippen molar-refractivity contribution in [2.75, 3.05) is 0 Å². The smallest absolute Gasteiger partial charge is 0.159 e. The van der Waals surface area contributed by atoms with Gasteiger partial charge >= 0.3 is 0 Å². The molecule has 0 spiro atoms. The largest absolute Gasteiger partial charge is 0.307 e. The van der Waals surface area contributed by atoms with E-state index in [1.807, 2.05) is 0 Å². The maximum absolute atomic E-state index is 13.0. The van der Waals surface area contributed by atoms with Crippen LogP contribution in [0.15, 0.2) is 18.2 Å². The topological polar surface area (TPSA) is 12.0 Å². The molecule has 88 valence electrons. The first kappa shape index (κ1) is 11.5. The summed E-state index contributed by atoms with van der Waals surface area (Å²) in [5, 5.41) is 3.39. The molecular formula is C13H17F2N. The molecule has 1 N–H and O–H groups in total. The SMILES string of the molecule is CC(C)(NCc1ccc(F)c(F)c1)C1CC1. The van der Waals surface area contributed by atoms with Gasteiger partial charge in [-0.1, -0.05) is 6.07 Å². The molecule has 0 aromatic heterocycles. The summed E-state index contributed by atoms with van der Waals surface area (Å²) in [6.07, 6.45) is 2.52. The van der Waals surface area contributed by atoms with E-state index in [2.05, 4.69) is 19.2 Å². The zero-order valence-electron chi connectivity index (χ0n) is 9.69. The Bertz CT molecular complexity index is 384. The Labute approximate surface area is 94.9 Å². The molecule has 1 aromatic carbocycles. The Hall–Kier alpha value is -0.960. The van der Waals surface area contributed by atoms with Crippen molar-refractivity contribution in [2.24, 2.45) is 5.92 Å². The molecule has 0 heterocycles. The normalized spacial score (nSPS) is 16.5. The number of benzene rings is 1. The molecule has 0 aliphatic heterocycles.